The maximum atomic E-state index is 10.9. The van der Waals surface area contributed by atoms with Crippen molar-refractivity contribution < 1.29 is 15.0 Å². The molecule has 21 heavy (non-hydrogen) atoms. The predicted octanol–water partition coefficient (Wildman–Crippen LogP) is 2.76. The van der Waals surface area contributed by atoms with Crippen LogP contribution in [0.4, 0.5) is 0 Å². The van der Waals surface area contributed by atoms with Gasteiger partial charge >= 0.3 is 5.97 Å². The van der Waals surface area contributed by atoms with E-state index in [1.165, 1.54) is 0 Å². The SMILES string of the molecule is CC(C(=O)O)c1ccc(CNCC(O)c2ccsc2)cc1. The van der Waals surface area contributed by atoms with Crippen LogP contribution in [0.3, 0.4) is 0 Å². The summed E-state index contributed by atoms with van der Waals surface area (Å²) in [5.41, 5.74) is 2.79. The van der Waals surface area contributed by atoms with Gasteiger partial charge in [0.2, 0.25) is 0 Å². The highest BCUT2D eigenvalue weighted by Gasteiger charge is 2.13. The van der Waals surface area contributed by atoms with E-state index in [0.717, 1.165) is 16.7 Å². The van der Waals surface area contributed by atoms with Crippen LogP contribution >= 0.6 is 11.3 Å². The van der Waals surface area contributed by atoms with E-state index in [-0.39, 0.29) is 0 Å². The van der Waals surface area contributed by atoms with Crippen molar-refractivity contribution in [3.05, 3.63) is 57.8 Å². The molecule has 112 valence electrons. The first-order chi connectivity index (χ1) is 10.1. The Labute approximate surface area is 128 Å². The van der Waals surface area contributed by atoms with Gasteiger partial charge in [0.15, 0.2) is 0 Å². The number of carbonyl (C=O) groups is 1. The zero-order valence-corrected chi connectivity index (χ0v) is 12.6. The molecule has 0 fully saturated rings. The third kappa shape index (κ3) is 4.39. The summed E-state index contributed by atoms with van der Waals surface area (Å²) < 4.78 is 0. The predicted molar refractivity (Wildman–Crippen MR) is 83.5 cm³/mol. The summed E-state index contributed by atoms with van der Waals surface area (Å²) in [6.07, 6.45) is -0.498. The molecular formula is C16H19NO3S. The van der Waals surface area contributed by atoms with Crippen LogP contribution in [0.1, 0.15) is 35.6 Å². The Morgan fingerprint density at radius 3 is 2.52 bits per heavy atom. The topological polar surface area (TPSA) is 69.6 Å². The third-order valence-electron chi connectivity index (χ3n) is 3.44. The monoisotopic (exact) mass is 305 g/mol. The van der Waals surface area contributed by atoms with Crippen molar-refractivity contribution in [1.82, 2.24) is 5.32 Å². The number of carboxylic acids is 1. The Morgan fingerprint density at radius 2 is 1.95 bits per heavy atom. The number of hydrogen-bond donors (Lipinski definition) is 3. The van der Waals surface area contributed by atoms with Crippen molar-refractivity contribution in [2.45, 2.75) is 25.5 Å². The van der Waals surface area contributed by atoms with Crippen molar-refractivity contribution in [3.63, 3.8) is 0 Å². The average molecular weight is 305 g/mol. The van der Waals surface area contributed by atoms with E-state index in [1.807, 2.05) is 41.1 Å². The number of nitrogens with one attached hydrogen (secondary N) is 1. The molecule has 2 unspecified atom stereocenters. The second-order valence-electron chi connectivity index (χ2n) is 5.00. The first kappa shape index (κ1) is 15.7. The van der Waals surface area contributed by atoms with Crippen LogP contribution in [-0.4, -0.2) is 22.7 Å². The van der Waals surface area contributed by atoms with Crippen LogP contribution in [0.5, 0.6) is 0 Å². The molecule has 5 heteroatoms. The smallest absolute Gasteiger partial charge is 0.310 e. The van der Waals surface area contributed by atoms with Crippen molar-refractivity contribution in [1.29, 1.82) is 0 Å². The van der Waals surface area contributed by atoms with Gasteiger partial charge in [-0.05, 0) is 40.4 Å². The van der Waals surface area contributed by atoms with Crippen molar-refractivity contribution >= 4 is 17.3 Å². The van der Waals surface area contributed by atoms with Crippen LogP contribution in [0.15, 0.2) is 41.1 Å². The molecule has 2 atom stereocenters. The minimum absolute atomic E-state index is 0.490. The molecule has 0 aliphatic heterocycles. The Morgan fingerprint density at radius 1 is 1.24 bits per heavy atom. The summed E-state index contributed by atoms with van der Waals surface area (Å²) in [6, 6.07) is 9.42. The van der Waals surface area contributed by atoms with E-state index in [0.29, 0.717) is 13.1 Å². The fourth-order valence-corrected chi connectivity index (χ4v) is 2.71. The molecule has 0 radical (unpaired) electrons. The lowest BCUT2D eigenvalue weighted by molar-refractivity contribution is -0.138. The van der Waals surface area contributed by atoms with Gasteiger partial charge in [-0.2, -0.15) is 11.3 Å². The van der Waals surface area contributed by atoms with Crippen LogP contribution in [0.2, 0.25) is 0 Å². The largest absolute Gasteiger partial charge is 0.481 e. The molecule has 0 amide bonds. The Balaban J connectivity index is 1.82. The van der Waals surface area contributed by atoms with Gasteiger partial charge < -0.3 is 15.5 Å². The number of aliphatic hydroxyl groups excluding tert-OH is 1. The highest BCUT2D eigenvalue weighted by Crippen LogP contribution is 2.17. The molecular weight excluding hydrogens is 286 g/mol. The zero-order chi connectivity index (χ0) is 15.2. The average Bonchev–Trinajstić information content (AvgIpc) is 3.01. The van der Waals surface area contributed by atoms with Gasteiger partial charge in [0.25, 0.3) is 0 Å². The van der Waals surface area contributed by atoms with E-state index in [2.05, 4.69) is 5.32 Å². The Bertz CT molecular complexity index is 566. The zero-order valence-electron chi connectivity index (χ0n) is 11.8. The Hall–Kier alpha value is -1.69. The second kappa shape index (κ2) is 7.36. The van der Waals surface area contributed by atoms with E-state index in [1.54, 1.807) is 18.3 Å². The van der Waals surface area contributed by atoms with Crippen molar-refractivity contribution in [3.8, 4) is 0 Å². The molecule has 4 nitrogen and oxygen atoms in total. The molecule has 2 aromatic rings. The molecule has 0 bridgehead atoms. The van der Waals surface area contributed by atoms with Gasteiger partial charge in [-0.3, -0.25) is 4.79 Å². The highest BCUT2D eigenvalue weighted by molar-refractivity contribution is 7.07. The summed E-state index contributed by atoms with van der Waals surface area (Å²) in [5.74, 6) is -1.31. The number of hydrogen-bond acceptors (Lipinski definition) is 4. The third-order valence-corrected chi connectivity index (χ3v) is 4.15. The van der Waals surface area contributed by atoms with Crippen LogP contribution < -0.4 is 5.32 Å². The fourth-order valence-electron chi connectivity index (χ4n) is 2.00. The van der Waals surface area contributed by atoms with E-state index in [4.69, 9.17) is 5.11 Å². The fraction of sp³-hybridized carbons (Fsp3) is 0.312. The van der Waals surface area contributed by atoms with Crippen LogP contribution in [-0.2, 0) is 11.3 Å². The standard InChI is InChI=1S/C16H19NO3S/c1-11(16(19)20)13-4-2-12(3-5-13)8-17-9-15(18)14-6-7-21-10-14/h2-7,10-11,15,17-18H,8-9H2,1H3,(H,19,20). The number of aliphatic hydroxyl groups is 1. The van der Waals surface area contributed by atoms with Gasteiger partial charge in [0.05, 0.1) is 12.0 Å². The summed E-state index contributed by atoms with van der Waals surface area (Å²) in [4.78, 5) is 10.9. The number of carboxylic acid groups (broad SMARTS) is 1. The van der Waals surface area contributed by atoms with Crippen LogP contribution in [0.25, 0.3) is 0 Å². The first-order valence-electron chi connectivity index (χ1n) is 6.80. The second-order valence-corrected chi connectivity index (χ2v) is 5.78. The molecule has 1 aromatic carbocycles. The molecule has 1 heterocycles. The normalized spacial score (nSPS) is 13.8. The lowest BCUT2D eigenvalue weighted by Crippen LogP contribution is -2.20. The number of aliphatic carboxylic acids is 1. The molecule has 0 spiro atoms. The highest BCUT2D eigenvalue weighted by atomic mass is 32.1. The van der Waals surface area contributed by atoms with Gasteiger partial charge in [-0.1, -0.05) is 24.3 Å². The van der Waals surface area contributed by atoms with Gasteiger partial charge in [-0.15, -0.1) is 0 Å². The van der Waals surface area contributed by atoms with E-state index < -0.39 is 18.0 Å². The summed E-state index contributed by atoms with van der Waals surface area (Å²) in [7, 11) is 0. The lowest BCUT2D eigenvalue weighted by Gasteiger charge is -2.11. The number of benzene rings is 1. The maximum Gasteiger partial charge on any atom is 0.310 e. The molecule has 2 rings (SSSR count). The quantitative estimate of drug-likeness (QED) is 0.735. The maximum absolute atomic E-state index is 10.9. The Kier molecular flexibility index (Phi) is 5.50. The molecule has 0 saturated heterocycles. The van der Waals surface area contributed by atoms with Crippen molar-refractivity contribution in [2.75, 3.05) is 6.54 Å². The van der Waals surface area contributed by atoms with Gasteiger partial charge in [0.1, 0.15) is 0 Å². The van der Waals surface area contributed by atoms with Gasteiger partial charge in [0, 0.05) is 13.1 Å². The van der Waals surface area contributed by atoms with E-state index in [9.17, 15) is 9.90 Å². The number of rotatable bonds is 7. The minimum atomic E-state index is -0.820. The number of thiophene rings is 1. The van der Waals surface area contributed by atoms with Crippen molar-refractivity contribution in [2.24, 2.45) is 0 Å². The summed E-state index contributed by atoms with van der Waals surface area (Å²) in [5, 5.41) is 26.0. The minimum Gasteiger partial charge on any atom is -0.481 e. The van der Waals surface area contributed by atoms with Gasteiger partial charge in [-0.25, -0.2) is 0 Å². The van der Waals surface area contributed by atoms with E-state index >= 15 is 0 Å². The lowest BCUT2D eigenvalue weighted by atomic mass is 10.00. The molecule has 3 N–H and O–H groups in total. The molecule has 1 aromatic heterocycles. The molecule has 0 aliphatic rings. The summed E-state index contributed by atoms with van der Waals surface area (Å²) >= 11 is 1.57. The summed E-state index contributed by atoms with van der Waals surface area (Å²) in [6.45, 7) is 2.81. The molecule has 0 saturated carbocycles. The van der Waals surface area contributed by atoms with Crippen LogP contribution in [0, 0.1) is 0 Å². The molecule has 0 aliphatic carbocycles. The first-order valence-corrected chi connectivity index (χ1v) is 7.74.